The van der Waals surface area contributed by atoms with E-state index in [1.54, 1.807) is 0 Å². The van der Waals surface area contributed by atoms with Crippen LogP contribution in [0.25, 0.3) is 0 Å². The van der Waals surface area contributed by atoms with Crippen LogP contribution in [0.5, 0.6) is 0 Å². The van der Waals surface area contributed by atoms with Crippen molar-refractivity contribution in [1.29, 1.82) is 0 Å². The summed E-state index contributed by atoms with van der Waals surface area (Å²) < 4.78 is 2.12. The molecule has 0 bridgehead atoms. The van der Waals surface area contributed by atoms with E-state index in [1.165, 1.54) is 19.3 Å². The molecule has 1 N–H and O–H groups in total. The van der Waals surface area contributed by atoms with E-state index < -0.39 is 0 Å². The van der Waals surface area contributed by atoms with Crippen molar-refractivity contribution in [3.8, 4) is 0 Å². The Balaban J connectivity index is 2.49. The summed E-state index contributed by atoms with van der Waals surface area (Å²) in [5, 5.41) is 11.7. The topological polar surface area (TPSA) is 42.7 Å². The average Bonchev–Trinajstić information content (AvgIpc) is 2.72. The molecule has 4 heteroatoms. The van der Waals surface area contributed by atoms with E-state index in [2.05, 4.69) is 47.8 Å². The van der Waals surface area contributed by atoms with Crippen molar-refractivity contribution >= 4 is 0 Å². The molecule has 0 aliphatic carbocycles. The van der Waals surface area contributed by atoms with Crippen molar-refractivity contribution in [1.82, 2.24) is 20.1 Å². The van der Waals surface area contributed by atoms with Gasteiger partial charge in [-0.15, -0.1) is 10.2 Å². The second kappa shape index (κ2) is 6.63. The Bertz CT molecular complexity index is 293. The molecule has 1 aromatic heterocycles. The highest BCUT2D eigenvalue weighted by atomic mass is 15.3. The molecule has 4 nitrogen and oxygen atoms in total. The molecule has 1 aromatic rings. The molecule has 0 aromatic carbocycles. The summed E-state index contributed by atoms with van der Waals surface area (Å²) in [5.74, 6) is 1.03. The quantitative estimate of drug-likeness (QED) is 0.774. The third-order valence-electron chi connectivity index (χ3n) is 2.88. The highest BCUT2D eigenvalue weighted by molar-refractivity contribution is 4.88. The molecule has 0 radical (unpaired) electrons. The lowest BCUT2D eigenvalue weighted by Gasteiger charge is -2.16. The molecule has 0 saturated carbocycles. The first-order valence-corrected chi connectivity index (χ1v) is 6.30. The van der Waals surface area contributed by atoms with Crippen molar-refractivity contribution in [3.63, 3.8) is 0 Å². The number of rotatable bonds is 7. The molecule has 1 rings (SSSR count). The zero-order valence-electron chi connectivity index (χ0n) is 10.9. The Morgan fingerprint density at radius 3 is 2.69 bits per heavy atom. The zero-order valence-corrected chi connectivity index (χ0v) is 10.9. The zero-order chi connectivity index (χ0) is 12.0. The Kier molecular flexibility index (Phi) is 5.46. The van der Waals surface area contributed by atoms with Gasteiger partial charge in [0.2, 0.25) is 0 Å². The molecular formula is C12H24N4. The van der Waals surface area contributed by atoms with Gasteiger partial charge in [-0.25, -0.2) is 0 Å². The maximum atomic E-state index is 4.15. The third-order valence-corrected chi connectivity index (χ3v) is 2.88. The van der Waals surface area contributed by atoms with Crippen LogP contribution in [0.2, 0.25) is 0 Å². The van der Waals surface area contributed by atoms with Crippen molar-refractivity contribution < 1.29 is 0 Å². The van der Waals surface area contributed by atoms with Gasteiger partial charge in [-0.05, 0) is 26.7 Å². The number of hydrogen-bond donors (Lipinski definition) is 1. The van der Waals surface area contributed by atoms with E-state index in [0.717, 1.165) is 12.4 Å². The van der Waals surface area contributed by atoms with Gasteiger partial charge in [-0.3, -0.25) is 0 Å². The van der Waals surface area contributed by atoms with Crippen LogP contribution in [-0.4, -0.2) is 20.8 Å². The summed E-state index contributed by atoms with van der Waals surface area (Å²) in [5.41, 5.74) is 0. The van der Waals surface area contributed by atoms with E-state index in [0.29, 0.717) is 12.1 Å². The molecular weight excluding hydrogens is 200 g/mol. The van der Waals surface area contributed by atoms with E-state index in [4.69, 9.17) is 0 Å². The predicted octanol–water partition coefficient (Wildman–Crippen LogP) is 2.53. The summed E-state index contributed by atoms with van der Waals surface area (Å²) in [6.45, 7) is 9.56. The second-order valence-corrected chi connectivity index (χ2v) is 4.52. The maximum absolute atomic E-state index is 4.15. The minimum atomic E-state index is 0.429. The lowest BCUT2D eigenvalue weighted by molar-refractivity contribution is 0.442. The first-order chi connectivity index (χ1) is 7.69. The van der Waals surface area contributed by atoms with Gasteiger partial charge >= 0.3 is 0 Å². The number of nitrogens with zero attached hydrogens (tertiary/aromatic N) is 3. The van der Waals surface area contributed by atoms with Crippen LogP contribution in [-0.2, 0) is 6.54 Å². The van der Waals surface area contributed by atoms with Crippen LogP contribution in [0.4, 0.5) is 0 Å². The molecule has 0 aliphatic rings. The van der Waals surface area contributed by atoms with Crippen LogP contribution in [0, 0.1) is 0 Å². The predicted molar refractivity (Wildman–Crippen MR) is 66.2 cm³/mol. The molecule has 16 heavy (non-hydrogen) atoms. The summed E-state index contributed by atoms with van der Waals surface area (Å²) in [4.78, 5) is 0. The van der Waals surface area contributed by atoms with Crippen LogP contribution < -0.4 is 5.32 Å². The van der Waals surface area contributed by atoms with E-state index in [9.17, 15) is 0 Å². The largest absolute Gasteiger partial charge is 0.314 e. The molecule has 0 spiro atoms. The van der Waals surface area contributed by atoms with Crippen LogP contribution in [0.1, 0.15) is 58.8 Å². The highest BCUT2D eigenvalue weighted by Gasteiger charge is 2.09. The van der Waals surface area contributed by atoms with E-state index in [1.807, 2.05) is 6.33 Å². The van der Waals surface area contributed by atoms with Crippen LogP contribution in [0.15, 0.2) is 6.33 Å². The number of nitrogens with one attached hydrogen (secondary N) is 1. The SMILES string of the molecule is CCCC(CC)NCc1nncn1C(C)C. The summed E-state index contributed by atoms with van der Waals surface area (Å²) in [7, 11) is 0. The minimum Gasteiger partial charge on any atom is -0.314 e. The standard InChI is InChI=1S/C12H24N4/c1-5-7-11(6-2)13-8-12-15-14-9-16(12)10(3)4/h9-11,13H,5-8H2,1-4H3. The van der Waals surface area contributed by atoms with Gasteiger partial charge in [0.25, 0.3) is 0 Å². The molecule has 0 saturated heterocycles. The summed E-state index contributed by atoms with van der Waals surface area (Å²) in [6.07, 6.45) is 5.43. The summed E-state index contributed by atoms with van der Waals surface area (Å²) >= 11 is 0. The van der Waals surface area contributed by atoms with Gasteiger partial charge in [0.15, 0.2) is 0 Å². The van der Waals surface area contributed by atoms with Gasteiger partial charge in [0, 0.05) is 12.1 Å². The van der Waals surface area contributed by atoms with Crippen LogP contribution in [0.3, 0.4) is 0 Å². The molecule has 1 heterocycles. The monoisotopic (exact) mass is 224 g/mol. The van der Waals surface area contributed by atoms with Gasteiger partial charge in [-0.1, -0.05) is 20.3 Å². The lowest BCUT2D eigenvalue weighted by Crippen LogP contribution is -2.29. The molecule has 1 unspecified atom stereocenters. The third kappa shape index (κ3) is 3.59. The van der Waals surface area contributed by atoms with Crippen molar-refractivity contribution in [3.05, 3.63) is 12.2 Å². The molecule has 92 valence electrons. The molecule has 0 aliphatic heterocycles. The summed E-state index contributed by atoms with van der Waals surface area (Å²) in [6, 6.07) is 1.03. The molecule has 0 amide bonds. The number of aromatic nitrogens is 3. The van der Waals surface area contributed by atoms with E-state index >= 15 is 0 Å². The Morgan fingerprint density at radius 1 is 1.38 bits per heavy atom. The van der Waals surface area contributed by atoms with Crippen LogP contribution >= 0.6 is 0 Å². The van der Waals surface area contributed by atoms with Gasteiger partial charge < -0.3 is 9.88 Å². The smallest absolute Gasteiger partial charge is 0.147 e. The van der Waals surface area contributed by atoms with Gasteiger partial charge in [-0.2, -0.15) is 0 Å². The average molecular weight is 224 g/mol. The van der Waals surface area contributed by atoms with Crippen molar-refractivity contribution in [2.75, 3.05) is 0 Å². The molecule has 1 atom stereocenters. The Labute approximate surface area is 98.5 Å². The van der Waals surface area contributed by atoms with Gasteiger partial charge in [0.1, 0.15) is 12.2 Å². The first-order valence-electron chi connectivity index (χ1n) is 6.30. The highest BCUT2D eigenvalue weighted by Crippen LogP contribution is 2.07. The first kappa shape index (κ1) is 13.2. The van der Waals surface area contributed by atoms with Gasteiger partial charge in [0.05, 0.1) is 6.54 Å². The minimum absolute atomic E-state index is 0.429. The van der Waals surface area contributed by atoms with Crippen molar-refractivity contribution in [2.24, 2.45) is 0 Å². The van der Waals surface area contributed by atoms with E-state index in [-0.39, 0.29) is 0 Å². The number of hydrogen-bond acceptors (Lipinski definition) is 3. The Hall–Kier alpha value is -0.900. The fourth-order valence-electron chi connectivity index (χ4n) is 1.86. The normalized spacial score (nSPS) is 13.3. The lowest BCUT2D eigenvalue weighted by atomic mass is 10.1. The fourth-order valence-corrected chi connectivity index (χ4v) is 1.86. The van der Waals surface area contributed by atoms with Crippen molar-refractivity contribution in [2.45, 2.75) is 65.6 Å². The maximum Gasteiger partial charge on any atom is 0.147 e. The Morgan fingerprint density at radius 2 is 2.12 bits per heavy atom. The second-order valence-electron chi connectivity index (χ2n) is 4.52. The fraction of sp³-hybridized carbons (Fsp3) is 0.833. The molecule has 0 fully saturated rings.